The molecule has 0 aliphatic heterocycles. The van der Waals surface area contributed by atoms with E-state index in [0.717, 1.165) is 6.42 Å². The molecule has 0 saturated carbocycles. The van der Waals surface area contributed by atoms with Gasteiger partial charge < -0.3 is 0 Å². The van der Waals surface area contributed by atoms with E-state index in [-0.39, 0.29) is 11.1 Å². The van der Waals surface area contributed by atoms with E-state index in [0.29, 0.717) is 6.42 Å². The van der Waals surface area contributed by atoms with Crippen LogP contribution in [-0.2, 0) is 10.0 Å². The van der Waals surface area contributed by atoms with Crippen LogP contribution in [0, 0.1) is 0 Å². The smallest absolute Gasteiger partial charge is 0.212 e. The first kappa shape index (κ1) is 14.2. The Bertz CT molecular complexity index is 254. The van der Waals surface area contributed by atoms with Crippen molar-refractivity contribution in [3.05, 3.63) is 0 Å². The van der Waals surface area contributed by atoms with Crippen molar-refractivity contribution in [3.8, 4) is 0 Å². The average molecular weight is 242 g/mol. The Morgan fingerprint density at radius 1 is 1.36 bits per heavy atom. The van der Waals surface area contributed by atoms with E-state index < -0.39 is 15.6 Å². The molecule has 1 N–H and O–H groups in total. The summed E-state index contributed by atoms with van der Waals surface area (Å²) in [6.45, 7) is 7.35. The first-order valence-electron chi connectivity index (χ1n) is 4.78. The van der Waals surface area contributed by atoms with Crippen LogP contribution in [0.15, 0.2) is 0 Å². The van der Waals surface area contributed by atoms with Gasteiger partial charge in [0.05, 0.1) is 5.75 Å². The third-order valence-corrected chi connectivity index (χ3v) is 3.44. The maximum absolute atomic E-state index is 11.5. The van der Waals surface area contributed by atoms with Gasteiger partial charge in [-0.15, -0.1) is 11.6 Å². The molecule has 1 atom stereocenters. The third-order valence-electron chi connectivity index (χ3n) is 1.48. The summed E-state index contributed by atoms with van der Waals surface area (Å²) in [4.78, 5) is 0. The predicted octanol–water partition coefficient (Wildman–Crippen LogP) is 2.11. The van der Waals surface area contributed by atoms with Gasteiger partial charge in [0.25, 0.3) is 0 Å². The van der Waals surface area contributed by atoms with Crippen molar-refractivity contribution >= 4 is 21.6 Å². The summed E-state index contributed by atoms with van der Waals surface area (Å²) >= 11 is 5.72. The fourth-order valence-electron chi connectivity index (χ4n) is 1.07. The molecule has 0 saturated heterocycles. The van der Waals surface area contributed by atoms with Crippen molar-refractivity contribution in [1.82, 2.24) is 4.72 Å². The molecule has 0 amide bonds. The Morgan fingerprint density at radius 2 is 1.86 bits per heavy atom. The minimum Gasteiger partial charge on any atom is -0.212 e. The number of alkyl halides is 1. The van der Waals surface area contributed by atoms with Crippen LogP contribution in [0.25, 0.3) is 0 Å². The highest BCUT2D eigenvalue weighted by atomic mass is 35.5. The number of nitrogens with one attached hydrogen (secondary N) is 1. The Labute approximate surface area is 92.3 Å². The first-order valence-corrected chi connectivity index (χ1v) is 6.87. The van der Waals surface area contributed by atoms with E-state index in [1.807, 2.05) is 27.7 Å². The van der Waals surface area contributed by atoms with Crippen LogP contribution >= 0.6 is 11.6 Å². The van der Waals surface area contributed by atoms with Gasteiger partial charge in [0, 0.05) is 10.9 Å². The molecule has 0 aromatic rings. The normalized spacial score (nSPS) is 15.5. The second-order valence-corrected chi connectivity index (χ2v) is 7.18. The van der Waals surface area contributed by atoms with Gasteiger partial charge in [-0.25, -0.2) is 13.1 Å². The van der Waals surface area contributed by atoms with Crippen LogP contribution in [0.5, 0.6) is 0 Å². The van der Waals surface area contributed by atoms with Gasteiger partial charge in [0.2, 0.25) is 10.0 Å². The standard InChI is InChI=1S/C9H20ClNO2S/c1-8(10)6-5-7-14(12,13)11-9(2,3)4/h8,11H,5-7H2,1-4H3. The maximum atomic E-state index is 11.5. The molecule has 86 valence electrons. The quantitative estimate of drug-likeness (QED) is 0.750. The van der Waals surface area contributed by atoms with Gasteiger partial charge >= 0.3 is 0 Å². The molecule has 0 spiro atoms. The van der Waals surface area contributed by atoms with Crippen LogP contribution in [-0.4, -0.2) is 25.1 Å². The Hall–Kier alpha value is 0.200. The lowest BCUT2D eigenvalue weighted by Gasteiger charge is -2.20. The molecule has 0 aromatic carbocycles. The predicted molar refractivity (Wildman–Crippen MR) is 61.2 cm³/mol. The van der Waals surface area contributed by atoms with E-state index in [1.165, 1.54) is 0 Å². The summed E-state index contributed by atoms with van der Waals surface area (Å²) < 4.78 is 25.5. The highest BCUT2D eigenvalue weighted by molar-refractivity contribution is 7.89. The molecule has 0 aliphatic rings. The topological polar surface area (TPSA) is 46.2 Å². The number of hydrogen-bond acceptors (Lipinski definition) is 2. The van der Waals surface area contributed by atoms with Gasteiger partial charge in [-0.1, -0.05) is 0 Å². The SMILES string of the molecule is CC(Cl)CCCS(=O)(=O)NC(C)(C)C. The van der Waals surface area contributed by atoms with Crippen LogP contribution in [0.1, 0.15) is 40.5 Å². The zero-order valence-electron chi connectivity index (χ0n) is 9.30. The van der Waals surface area contributed by atoms with E-state index in [1.54, 1.807) is 0 Å². The number of rotatable bonds is 5. The fraction of sp³-hybridized carbons (Fsp3) is 1.00. The monoisotopic (exact) mass is 241 g/mol. The molecule has 0 rings (SSSR count). The third kappa shape index (κ3) is 8.78. The van der Waals surface area contributed by atoms with Crippen molar-refractivity contribution in [2.45, 2.75) is 51.5 Å². The summed E-state index contributed by atoms with van der Waals surface area (Å²) in [5.74, 6) is 0.154. The molecular formula is C9H20ClNO2S. The molecule has 0 aliphatic carbocycles. The number of hydrogen-bond donors (Lipinski definition) is 1. The number of halogens is 1. The summed E-state index contributed by atoms with van der Waals surface area (Å²) in [6, 6.07) is 0. The van der Waals surface area contributed by atoms with Crippen molar-refractivity contribution < 1.29 is 8.42 Å². The molecule has 1 unspecified atom stereocenters. The molecule has 0 radical (unpaired) electrons. The van der Waals surface area contributed by atoms with Crippen LogP contribution in [0.2, 0.25) is 0 Å². The highest BCUT2D eigenvalue weighted by Gasteiger charge is 2.19. The molecule has 0 fully saturated rings. The molecular weight excluding hydrogens is 222 g/mol. The lowest BCUT2D eigenvalue weighted by molar-refractivity contribution is 0.490. The summed E-state index contributed by atoms with van der Waals surface area (Å²) in [5.41, 5.74) is -0.397. The zero-order valence-corrected chi connectivity index (χ0v) is 10.9. The van der Waals surface area contributed by atoms with Gasteiger partial charge in [-0.2, -0.15) is 0 Å². The second-order valence-electron chi connectivity index (χ2n) is 4.59. The van der Waals surface area contributed by atoms with Gasteiger partial charge in [-0.05, 0) is 40.5 Å². The Morgan fingerprint density at radius 3 is 2.21 bits per heavy atom. The van der Waals surface area contributed by atoms with Crippen molar-refractivity contribution in [1.29, 1.82) is 0 Å². The van der Waals surface area contributed by atoms with Crippen molar-refractivity contribution in [2.75, 3.05) is 5.75 Å². The molecule has 0 bridgehead atoms. The van der Waals surface area contributed by atoms with E-state index in [9.17, 15) is 8.42 Å². The molecule has 3 nitrogen and oxygen atoms in total. The summed E-state index contributed by atoms with van der Waals surface area (Å²) in [5, 5.41) is 0.0415. The summed E-state index contributed by atoms with van der Waals surface area (Å²) in [6.07, 6.45) is 1.34. The lowest BCUT2D eigenvalue weighted by atomic mass is 10.1. The lowest BCUT2D eigenvalue weighted by Crippen LogP contribution is -2.41. The maximum Gasteiger partial charge on any atom is 0.212 e. The van der Waals surface area contributed by atoms with E-state index in [4.69, 9.17) is 11.6 Å². The first-order chi connectivity index (χ1) is 6.12. The van der Waals surface area contributed by atoms with Crippen molar-refractivity contribution in [3.63, 3.8) is 0 Å². The summed E-state index contributed by atoms with van der Waals surface area (Å²) in [7, 11) is -3.14. The number of sulfonamides is 1. The minimum atomic E-state index is -3.14. The van der Waals surface area contributed by atoms with Crippen LogP contribution in [0.3, 0.4) is 0 Å². The molecule has 5 heteroatoms. The molecule has 0 aromatic heterocycles. The average Bonchev–Trinajstić information content (AvgIpc) is 1.78. The highest BCUT2D eigenvalue weighted by Crippen LogP contribution is 2.07. The minimum absolute atomic E-state index is 0.0415. The van der Waals surface area contributed by atoms with Gasteiger partial charge in [-0.3, -0.25) is 0 Å². The largest absolute Gasteiger partial charge is 0.212 e. The van der Waals surface area contributed by atoms with Crippen LogP contribution < -0.4 is 4.72 Å². The van der Waals surface area contributed by atoms with Crippen LogP contribution in [0.4, 0.5) is 0 Å². The molecule has 0 heterocycles. The van der Waals surface area contributed by atoms with Crippen molar-refractivity contribution in [2.24, 2.45) is 0 Å². The Balaban J connectivity index is 3.98. The van der Waals surface area contributed by atoms with Gasteiger partial charge in [0.15, 0.2) is 0 Å². The molecule has 14 heavy (non-hydrogen) atoms. The van der Waals surface area contributed by atoms with E-state index in [2.05, 4.69) is 4.72 Å². The zero-order chi connectivity index (χ0) is 11.4. The fourth-order valence-corrected chi connectivity index (χ4v) is 2.81. The van der Waals surface area contributed by atoms with E-state index >= 15 is 0 Å². The van der Waals surface area contributed by atoms with Gasteiger partial charge in [0.1, 0.15) is 0 Å². The second kappa shape index (κ2) is 5.33. The Kier molecular flexibility index (Phi) is 5.41.